The lowest BCUT2D eigenvalue weighted by atomic mass is 10.0. The third kappa shape index (κ3) is 2.79. The van der Waals surface area contributed by atoms with Gasteiger partial charge >= 0.3 is 5.97 Å². The first kappa shape index (κ1) is 11.5. The highest BCUT2D eigenvalue weighted by Gasteiger charge is 2.11. The summed E-state index contributed by atoms with van der Waals surface area (Å²) < 4.78 is 0. The Hall–Kier alpha value is -1.94. The Bertz CT molecular complexity index is 543. The van der Waals surface area contributed by atoms with Crippen LogP contribution in [0.5, 0.6) is 0 Å². The molecule has 0 aliphatic heterocycles. The SMILES string of the molecule is O=C(O)Cc1nc(Cl)ccc1-c1cccnc1. The highest BCUT2D eigenvalue weighted by atomic mass is 35.5. The van der Waals surface area contributed by atoms with Crippen molar-refractivity contribution in [3.8, 4) is 11.1 Å². The Morgan fingerprint density at radius 3 is 2.82 bits per heavy atom. The Balaban J connectivity index is 2.50. The molecule has 2 aromatic heterocycles. The number of aliphatic carboxylic acids is 1. The number of rotatable bonds is 3. The second-order valence-electron chi connectivity index (χ2n) is 3.44. The van der Waals surface area contributed by atoms with Crippen LogP contribution in [0.2, 0.25) is 5.15 Å². The van der Waals surface area contributed by atoms with Gasteiger partial charge in [0.15, 0.2) is 0 Å². The first-order chi connectivity index (χ1) is 8.16. The number of aromatic nitrogens is 2. The molecule has 2 rings (SSSR count). The van der Waals surface area contributed by atoms with Gasteiger partial charge in [0.25, 0.3) is 0 Å². The van der Waals surface area contributed by atoms with Crippen LogP contribution in [0.15, 0.2) is 36.7 Å². The molecule has 2 heterocycles. The Morgan fingerprint density at radius 1 is 1.35 bits per heavy atom. The van der Waals surface area contributed by atoms with E-state index >= 15 is 0 Å². The number of carboxylic acid groups (broad SMARTS) is 1. The normalized spacial score (nSPS) is 10.2. The molecule has 0 radical (unpaired) electrons. The number of pyridine rings is 2. The van der Waals surface area contributed by atoms with Gasteiger partial charge in [0.1, 0.15) is 5.15 Å². The molecule has 17 heavy (non-hydrogen) atoms. The smallest absolute Gasteiger partial charge is 0.309 e. The largest absolute Gasteiger partial charge is 0.481 e. The Morgan fingerprint density at radius 2 is 2.18 bits per heavy atom. The summed E-state index contributed by atoms with van der Waals surface area (Å²) in [6.45, 7) is 0. The first-order valence-corrected chi connectivity index (χ1v) is 5.32. The molecule has 0 saturated heterocycles. The van der Waals surface area contributed by atoms with E-state index in [0.717, 1.165) is 11.1 Å². The summed E-state index contributed by atoms with van der Waals surface area (Å²) in [6, 6.07) is 7.03. The van der Waals surface area contributed by atoms with Crippen LogP contribution in [0.1, 0.15) is 5.69 Å². The molecule has 1 N–H and O–H groups in total. The van der Waals surface area contributed by atoms with Gasteiger partial charge in [-0.05, 0) is 18.2 Å². The Kier molecular flexibility index (Phi) is 3.35. The van der Waals surface area contributed by atoms with E-state index in [-0.39, 0.29) is 11.6 Å². The minimum absolute atomic E-state index is 0.162. The average Bonchev–Trinajstić information content (AvgIpc) is 2.29. The minimum Gasteiger partial charge on any atom is -0.481 e. The lowest BCUT2D eigenvalue weighted by molar-refractivity contribution is -0.136. The van der Waals surface area contributed by atoms with Crippen LogP contribution < -0.4 is 0 Å². The number of nitrogens with zero attached hydrogens (tertiary/aromatic N) is 2. The van der Waals surface area contributed by atoms with Crippen LogP contribution in [0.4, 0.5) is 0 Å². The maximum absolute atomic E-state index is 10.8. The fourth-order valence-corrected chi connectivity index (χ4v) is 1.70. The van der Waals surface area contributed by atoms with Crippen LogP contribution in [-0.4, -0.2) is 21.0 Å². The van der Waals surface area contributed by atoms with E-state index in [1.54, 1.807) is 30.6 Å². The van der Waals surface area contributed by atoms with E-state index in [2.05, 4.69) is 9.97 Å². The summed E-state index contributed by atoms with van der Waals surface area (Å²) in [5.74, 6) is -0.940. The number of hydrogen-bond donors (Lipinski definition) is 1. The molecule has 5 heteroatoms. The molecule has 0 aromatic carbocycles. The van der Waals surface area contributed by atoms with Crippen molar-refractivity contribution in [2.24, 2.45) is 0 Å². The van der Waals surface area contributed by atoms with E-state index in [0.29, 0.717) is 5.69 Å². The lowest BCUT2D eigenvalue weighted by Crippen LogP contribution is -2.04. The van der Waals surface area contributed by atoms with Crippen molar-refractivity contribution in [1.82, 2.24) is 9.97 Å². The molecule has 0 unspecified atom stereocenters. The summed E-state index contributed by atoms with van der Waals surface area (Å²) in [7, 11) is 0. The molecule has 0 bridgehead atoms. The molecule has 0 amide bonds. The maximum atomic E-state index is 10.8. The van der Waals surface area contributed by atoms with Crippen molar-refractivity contribution in [3.63, 3.8) is 0 Å². The molecule has 86 valence electrons. The van der Waals surface area contributed by atoms with Gasteiger partial charge in [-0.15, -0.1) is 0 Å². The van der Waals surface area contributed by atoms with Gasteiger partial charge in [-0.25, -0.2) is 4.98 Å². The van der Waals surface area contributed by atoms with Gasteiger partial charge in [0.05, 0.1) is 12.1 Å². The van der Waals surface area contributed by atoms with Crippen molar-refractivity contribution < 1.29 is 9.90 Å². The number of hydrogen-bond acceptors (Lipinski definition) is 3. The fourth-order valence-electron chi connectivity index (χ4n) is 1.54. The van der Waals surface area contributed by atoms with E-state index in [1.807, 2.05) is 6.07 Å². The predicted octanol–water partition coefficient (Wildman–Crippen LogP) is 2.42. The summed E-state index contributed by atoms with van der Waals surface area (Å²) in [5.41, 5.74) is 2.01. The number of carbonyl (C=O) groups is 1. The van der Waals surface area contributed by atoms with Crippen molar-refractivity contribution >= 4 is 17.6 Å². The summed E-state index contributed by atoms with van der Waals surface area (Å²) in [6.07, 6.45) is 3.16. The van der Waals surface area contributed by atoms with E-state index < -0.39 is 5.97 Å². The lowest BCUT2D eigenvalue weighted by Gasteiger charge is -2.07. The number of carboxylic acids is 1. The average molecular weight is 249 g/mol. The van der Waals surface area contributed by atoms with Crippen LogP contribution in [0.3, 0.4) is 0 Å². The maximum Gasteiger partial charge on any atom is 0.309 e. The highest BCUT2D eigenvalue weighted by Crippen LogP contribution is 2.23. The Labute approximate surface area is 103 Å². The zero-order chi connectivity index (χ0) is 12.3. The van der Waals surface area contributed by atoms with Gasteiger partial charge < -0.3 is 5.11 Å². The fraction of sp³-hybridized carbons (Fsp3) is 0.0833. The third-order valence-corrected chi connectivity index (χ3v) is 2.44. The van der Waals surface area contributed by atoms with E-state index in [9.17, 15) is 4.79 Å². The van der Waals surface area contributed by atoms with Crippen molar-refractivity contribution in [3.05, 3.63) is 47.5 Å². The molecular weight excluding hydrogens is 240 g/mol. The first-order valence-electron chi connectivity index (χ1n) is 4.94. The zero-order valence-corrected chi connectivity index (χ0v) is 9.55. The monoisotopic (exact) mass is 248 g/mol. The predicted molar refractivity (Wildman–Crippen MR) is 63.8 cm³/mol. The molecule has 0 aliphatic carbocycles. The minimum atomic E-state index is -0.940. The molecule has 0 aliphatic rings. The third-order valence-electron chi connectivity index (χ3n) is 2.23. The van der Waals surface area contributed by atoms with Gasteiger partial charge in [-0.2, -0.15) is 0 Å². The standard InChI is InChI=1S/C12H9ClN2O2/c13-11-4-3-9(8-2-1-5-14-7-8)10(15-11)6-12(16)17/h1-5,7H,6H2,(H,16,17). The summed E-state index contributed by atoms with van der Waals surface area (Å²) >= 11 is 5.77. The highest BCUT2D eigenvalue weighted by molar-refractivity contribution is 6.29. The van der Waals surface area contributed by atoms with Crippen molar-refractivity contribution in [1.29, 1.82) is 0 Å². The van der Waals surface area contributed by atoms with Crippen LogP contribution >= 0.6 is 11.6 Å². The summed E-state index contributed by atoms with van der Waals surface area (Å²) in [5, 5.41) is 9.12. The van der Waals surface area contributed by atoms with Crippen molar-refractivity contribution in [2.75, 3.05) is 0 Å². The molecular formula is C12H9ClN2O2. The quantitative estimate of drug-likeness (QED) is 0.848. The molecule has 0 atom stereocenters. The van der Waals surface area contributed by atoms with Gasteiger partial charge in [0.2, 0.25) is 0 Å². The van der Waals surface area contributed by atoms with Gasteiger partial charge in [-0.1, -0.05) is 17.7 Å². The van der Waals surface area contributed by atoms with Gasteiger partial charge in [-0.3, -0.25) is 9.78 Å². The van der Waals surface area contributed by atoms with Crippen LogP contribution in [0.25, 0.3) is 11.1 Å². The van der Waals surface area contributed by atoms with Crippen LogP contribution in [0, 0.1) is 0 Å². The van der Waals surface area contributed by atoms with E-state index in [4.69, 9.17) is 16.7 Å². The second-order valence-corrected chi connectivity index (χ2v) is 3.83. The zero-order valence-electron chi connectivity index (χ0n) is 8.80. The van der Waals surface area contributed by atoms with Crippen LogP contribution in [-0.2, 0) is 11.2 Å². The molecule has 0 saturated carbocycles. The van der Waals surface area contributed by atoms with Crippen molar-refractivity contribution in [2.45, 2.75) is 6.42 Å². The molecule has 2 aromatic rings. The number of halogens is 1. The second kappa shape index (κ2) is 4.93. The molecule has 0 fully saturated rings. The molecule has 4 nitrogen and oxygen atoms in total. The molecule has 0 spiro atoms. The summed E-state index contributed by atoms with van der Waals surface area (Å²) in [4.78, 5) is 18.8. The van der Waals surface area contributed by atoms with E-state index in [1.165, 1.54) is 0 Å². The van der Waals surface area contributed by atoms with Gasteiger partial charge in [0, 0.05) is 23.5 Å². The topological polar surface area (TPSA) is 63.1 Å².